The summed E-state index contributed by atoms with van der Waals surface area (Å²) in [6.07, 6.45) is 2.01. The highest BCUT2D eigenvalue weighted by molar-refractivity contribution is 7.11. The maximum absolute atomic E-state index is 12.2. The minimum absolute atomic E-state index is 0.313. The van der Waals surface area contributed by atoms with E-state index >= 15 is 0 Å². The number of oxazole rings is 1. The number of fused-ring (bicyclic) bond motifs is 1. The number of nitrogens with zero attached hydrogens (tertiary/aromatic N) is 2. The molecule has 8 heteroatoms. The van der Waals surface area contributed by atoms with Gasteiger partial charge in [-0.25, -0.2) is 14.6 Å². The molecule has 0 saturated carbocycles. The molecule has 0 radical (unpaired) electrons. The summed E-state index contributed by atoms with van der Waals surface area (Å²) in [6, 6.07) is 4.86. The second-order valence-electron chi connectivity index (χ2n) is 5.97. The van der Waals surface area contributed by atoms with E-state index in [1.54, 1.807) is 34.1 Å². The third-order valence-electron chi connectivity index (χ3n) is 4.05. The zero-order valence-electron chi connectivity index (χ0n) is 15.1. The van der Waals surface area contributed by atoms with Crippen LogP contribution < -0.4 is 16.4 Å². The molecule has 0 saturated heterocycles. The average Bonchev–Trinajstić information content (AvgIpc) is 3.11. The van der Waals surface area contributed by atoms with Gasteiger partial charge in [0.05, 0.1) is 22.8 Å². The highest BCUT2D eigenvalue weighted by Crippen LogP contribution is 2.20. The number of carbonyl (C=O) groups is 1. The van der Waals surface area contributed by atoms with Crippen molar-refractivity contribution < 1.29 is 9.21 Å². The molecule has 0 unspecified atom stereocenters. The molecule has 0 aliphatic rings. The maximum atomic E-state index is 12.2. The van der Waals surface area contributed by atoms with Crippen LogP contribution in [0.4, 0.5) is 10.5 Å². The van der Waals surface area contributed by atoms with Gasteiger partial charge in [-0.1, -0.05) is 6.92 Å². The zero-order chi connectivity index (χ0) is 18.7. The summed E-state index contributed by atoms with van der Waals surface area (Å²) in [5.41, 5.74) is 2.70. The first-order chi connectivity index (χ1) is 12.5. The number of urea groups is 1. The van der Waals surface area contributed by atoms with Crippen LogP contribution in [0.1, 0.15) is 35.8 Å². The number of aryl methyl sites for hydroxylation is 3. The molecule has 7 nitrogen and oxygen atoms in total. The quantitative estimate of drug-likeness (QED) is 0.689. The van der Waals surface area contributed by atoms with Gasteiger partial charge in [-0.2, -0.15) is 0 Å². The third kappa shape index (κ3) is 3.80. The molecule has 2 heterocycles. The molecule has 0 aliphatic carbocycles. The van der Waals surface area contributed by atoms with Crippen LogP contribution in [0.25, 0.3) is 11.1 Å². The van der Waals surface area contributed by atoms with Gasteiger partial charge in [-0.15, -0.1) is 11.3 Å². The fraction of sp³-hybridized carbons (Fsp3) is 0.389. The molecule has 3 aromatic rings. The number of thiazole rings is 1. The average molecular weight is 374 g/mol. The van der Waals surface area contributed by atoms with Crippen LogP contribution >= 0.6 is 11.3 Å². The lowest BCUT2D eigenvalue weighted by atomic mass is 10.3. The minimum Gasteiger partial charge on any atom is -0.408 e. The number of nitrogens with one attached hydrogen (secondary N) is 2. The maximum Gasteiger partial charge on any atom is 0.419 e. The topological polar surface area (TPSA) is 89.2 Å². The molecule has 0 bridgehead atoms. The summed E-state index contributed by atoms with van der Waals surface area (Å²) in [5.74, 6) is -0.396. The first-order valence-electron chi connectivity index (χ1n) is 8.65. The zero-order valence-corrected chi connectivity index (χ0v) is 15.9. The van der Waals surface area contributed by atoms with Crippen LogP contribution in [-0.4, -0.2) is 15.6 Å². The monoisotopic (exact) mass is 374 g/mol. The molecule has 138 valence electrons. The Kier molecular flexibility index (Phi) is 5.41. The molecule has 3 rings (SSSR count). The lowest BCUT2D eigenvalue weighted by molar-refractivity contribution is 0.252. The van der Waals surface area contributed by atoms with E-state index in [2.05, 4.69) is 22.5 Å². The van der Waals surface area contributed by atoms with Crippen LogP contribution in [0.5, 0.6) is 0 Å². The molecule has 1 aromatic carbocycles. The molecule has 0 spiro atoms. The largest absolute Gasteiger partial charge is 0.419 e. The minimum atomic E-state index is -0.396. The predicted octanol–water partition coefficient (Wildman–Crippen LogP) is 3.65. The van der Waals surface area contributed by atoms with E-state index in [9.17, 15) is 9.59 Å². The van der Waals surface area contributed by atoms with E-state index in [1.807, 2.05) is 13.8 Å². The van der Waals surface area contributed by atoms with E-state index in [1.165, 1.54) is 0 Å². The summed E-state index contributed by atoms with van der Waals surface area (Å²) in [4.78, 5) is 29.5. The second kappa shape index (κ2) is 7.74. The molecule has 0 aliphatic heterocycles. The Morgan fingerprint density at radius 3 is 2.88 bits per heavy atom. The van der Waals surface area contributed by atoms with Gasteiger partial charge < -0.3 is 15.1 Å². The highest BCUT2D eigenvalue weighted by atomic mass is 32.1. The van der Waals surface area contributed by atoms with Gasteiger partial charge in [0.25, 0.3) is 0 Å². The van der Waals surface area contributed by atoms with Crippen molar-refractivity contribution in [3.8, 4) is 0 Å². The van der Waals surface area contributed by atoms with Crippen molar-refractivity contribution in [1.82, 2.24) is 14.9 Å². The van der Waals surface area contributed by atoms with Gasteiger partial charge in [0.15, 0.2) is 5.58 Å². The van der Waals surface area contributed by atoms with Gasteiger partial charge in [-0.3, -0.25) is 4.57 Å². The van der Waals surface area contributed by atoms with Gasteiger partial charge in [-0.05, 0) is 38.8 Å². The summed E-state index contributed by atoms with van der Waals surface area (Å²) >= 11 is 1.63. The van der Waals surface area contributed by atoms with Crippen LogP contribution in [-0.2, 0) is 19.5 Å². The first kappa shape index (κ1) is 18.2. The van der Waals surface area contributed by atoms with Crippen molar-refractivity contribution in [3.05, 3.63) is 44.3 Å². The molecule has 0 fully saturated rings. The molecule has 0 atom stereocenters. The molecule has 2 amide bonds. The van der Waals surface area contributed by atoms with Crippen molar-refractivity contribution in [1.29, 1.82) is 0 Å². The Balaban J connectivity index is 1.64. The number of carbonyl (C=O) groups excluding carboxylic acids is 1. The molecule has 2 N–H and O–H groups in total. The molecule has 2 aromatic heterocycles. The molecular formula is C18H22N4O3S. The Bertz CT molecular complexity index is 986. The Labute approximate surface area is 155 Å². The van der Waals surface area contributed by atoms with E-state index in [4.69, 9.17) is 4.42 Å². The Morgan fingerprint density at radius 2 is 2.15 bits per heavy atom. The number of rotatable bonds is 6. The lowest BCUT2D eigenvalue weighted by Gasteiger charge is -2.07. The Morgan fingerprint density at radius 1 is 1.35 bits per heavy atom. The van der Waals surface area contributed by atoms with Crippen LogP contribution in [0.2, 0.25) is 0 Å². The van der Waals surface area contributed by atoms with Gasteiger partial charge in [0.2, 0.25) is 0 Å². The first-order valence-corrected chi connectivity index (χ1v) is 9.46. The number of hydrogen-bond acceptors (Lipinski definition) is 5. The normalized spacial score (nSPS) is 11.0. The van der Waals surface area contributed by atoms with E-state index < -0.39 is 5.76 Å². The number of hydrogen-bond donors (Lipinski definition) is 2. The highest BCUT2D eigenvalue weighted by Gasteiger charge is 2.11. The lowest BCUT2D eigenvalue weighted by Crippen LogP contribution is -2.28. The van der Waals surface area contributed by atoms with Crippen molar-refractivity contribution in [3.63, 3.8) is 0 Å². The SMILES string of the molecule is CCCc1nc(C)c(CNC(=O)Nc2ccc3c(c2)oc(=O)n3CC)s1. The van der Waals surface area contributed by atoms with Crippen LogP contribution in [0.3, 0.4) is 0 Å². The third-order valence-corrected chi connectivity index (χ3v) is 5.27. The van der Waals surface area contributed by atoms with Crippen molar-refractivity contribution in [2.24, 2.45) is 0 Å². The second-order valence-corrected chi connectivity index (χ2v) is 7.14. The van der Waals surface area contributed by atoms with Crippen LogP contribution in [0, 0.1) is 6.92 Å². The summed E-state index contributed by atoms with van der Waals surface area (Å²) < 4.78 is 6.75. The van der Waals surface area contributed by atoms with Crippen LogP contribution in [0.15, 0.2) is 27.4 Å². The van der Waals surface area contributed by atoms with Crippen molar-refractivity contribution in [2.75, 3.05) is 5.32 Å². The van der Waals surface area contributed by atoms with E-state index in [-0.39, 0.29) is 6.03 Å². The Hall–Kier alpha value is -2.61. The summed E-state index contributed by atoms with van der Waals surface area (Å²) in [7, 11) is 0. The number of aromatic nitrogens is 2. The summed E-state index contributed by atoms with van der Waals surface area (Å²) in [6.45, 7) is 6.92. The predicted molar refractivity (Wildman–Crippen MR) is 103 cm³/mol. The standard InChI is InChI=1S/C18H22N4O3S/c1-4-6-16-20-11(3)15(26-16)10-19-17(23)21-12-7-8-13-14(9-12)25-18(24)22(13)5-2/h7-9H,4-6,10H2,1-3H3,(H2,19,21,23). The number of anilines is 1. The van der Waals surface area contributed by atoms with E-state index in [0.717, 1.165) is 28.4 Å². The van der Waals surface area contributed by atoms with Crippen molar-refractivity contribution in [2.45, 2.75) is 46.7 Å². The number of amides is 2. The van der Waals surface area contributed by atoms with Gasteiger partial charge in [0, 0.05) is 23.2 Å². The fourth-order valence-corrected chi connectivity index (χ4v) is 3.86. The molecular weight excluding hydrogens is 352 g/mol. The fourth-order valence-electron chi connectivity index (χ4n) is 2.75. The molecule has 26 heavy (non-hydrogen) atoms. The van der Waals surface area contributed by atoms with Gasteiger partial charge >= 0.3 is 11.8 Å². The van der Waals surface area contributed by atoms with Gasteiger partial charge in [0.1, 0.15) is 0 Å². The van der Waals surface area contributed by atoms with Crippen molar-refractivity contribution >= 4 is 34.2 Å². The van der Waals surface area contributed by atoms with E-state index in [0.29, 0.717) is 29.9 Å². The summed E-state index contributed by atoms with van der Waals surface area (Å²) in [5, 5.41) is 6.71. The smallest absolute Gasteiger partial charge is 0.408 e. The number of benzene rings is 1.